The second-order valence-corrected chi connectivity index (χ2v) is 9.14. The van der Waals surface area contributed by atoms with Gasteiger partial charge in [-0.2, -0.15) is 0 Å². The van der Waals surface area contributed by atoms with Crippen molar-refractivity contribution in [2.45, 2.75) is 20.8 Å². The van der Waals surface area contributed by atoms with Crippen LogP contribution in [0.4, 0.5) is 5.00 Å². The van der Waals surface area contributed by atoms with Crippen LogP contribution in [0.1, 0.15) is 49.8 Å². The highest BCUT2D eigenvalue weighted by atomic mass is 35.5. The van der Waals surface area contributed by atoms with Gasteiger partial charge in [0.2, 0.25) is 0 Å². The zero-order valence-corrected chi connectivity index (χ0v) is 21.5. The second-order valence-electron chi connectivity index (χ2n) is 7.71. The van der Waals surface area contributed by atoms with E-state index in [0.717, 1.165) is 11.3 Å². The summed E-state index contributed by atoms with van der Waals surface area (Å²) < 4.78 is 10.3. The zero-order valence-electron chi connectivity index (χ0n) is 19.9. The summed E-state index contributed by atoms with van der Waals surface area (Å²) in [6, 6.07) is 16.2. The second kappa shape index (κ2) is 10.9. The lowest BCUT2D eigenvalue weighted by Crippen LogP contribution is -2.15. The van der Waals surface area contributed by atoms with Gasteiger partial charge in [-0.25, -0.2) is 14.6 Å². The molecule has 2 aromatic heterocycles. The van der Waals surface area contributed by atoms with Gasteiger partial charge < -0.3 is 14.8 Å². The first kappa shape index (κ1) is 25.3. The van der Waals surface area contributed by atoms with Crippen LogP contribution in [0, 0.1) is 6.92 Å². The molecule has 36 heavy (non-hydrogen) atoms. The van der Waals surface area contributed by atoms with Crippen LogP contribution in [-0.2, 0) is 9.47 Å². The number of aromatic nitrogens is 1. The van der Waals surface area contributed by atoms with Crippen LogP contribution in [0.3, 0.4) is 0 Å². The molecule has 0 fully saturated rings. The predicted octanol–water partition coefficient (Wildman–Crippen LogP) is 6.53. The molecule has 2 aromatic carbocycles. The number of esters is 2. The SMILES string of the molecule is CCOC(=O)c1sc(NC(=O)c2cc(-c3ccccc3Cl)nc3ccccc23)c(C(=O)OCC)c1C. The lowest BCUT2D eigenvalue weighted by Gasteiger charge is -2.12. The van der Waals surface area contributed by atoms with E-state index in [2.05, 4.69) is 5.32 Å². The smallest absolute Gasteiger partial charge is 0.348 e. The van der Waals surface area contributed by atoms with E-state index in [9.17, 15) is 14.4 Å². The van der Waals surface area contributed by atoms with E-state index >= 15 is 0 Å². The van der Waals surface area contributed by atoms with E-state index in [0.29, 0.717) is 38.3 Å². The third-order valence-electron chi connectivity index (χ3n) is 5.42. The molecule has 0 aliphatic heterocycles. The van der Waals surface area contributed by atoms with E-state index in [1.165, 1.54) is 0 Å². The average molecular weight is 523 g/mol. The number of halogens is 1. The van der Waals surface area contributed by atoms with Gasteiger partial charge in [0.15, 0.2) is 0 Å². The number of nitrogens with one attached hydrogen (secondary N) is 1. The summed E-state index contributed by atoms with van der Waals surface area (Å²) in [5.74, 6) is -1.67. The molecule has 0 atom stereocenters. The molecule has 0 saturated carbocycles. The van der Waals surface area contributed by atoms with Crippen LogP contribution in [0.2, 0.25) is 5.02 Å². The van der Waals surface area contributed by atoms with Crippen molar-refractivity contribution in [2.75, 3.05) is 18.5 Å². The lowest BCUT2D eigenvalue weighted by molar-refractivity contribution is 0.0527. The third-order valence-corrected chi connectivity index (χ3v) is 6.94. The van der Waals surface area contributed by atoms with E-state index in [4.69, 9.17) is 26.1 Å². The minimum absolute atomic E-state index is 0.128. The fourth-order valence-corrected chi connectivity index (χ4v) is 5.10. The Morgan fingerprint density at radius 2 is 1.64 bits per heavy atom. The average Bonchev–Trinajstić information content (AvgIpc) is 3.19. The summed E-state index contributed by atoms with van der Waals surface area (Å²) in [4.78, 5) is 43.8. The van der Waals surface area contributed by atoms with E-state index < -0.39 is 17.8 Å². The van der Waals surface area contributed by atoms with Gasteiger partial charge in [-0.1, -0.05) is 48.0 Å². The molecule has 7 nitrogen and oxygen atoms in total. The van der Waals surface area contributed by atoms with E-state index in [-0.39, 0.29) is 28.7 Å². The number of anilines is 1. The topological polar surface area (TPSA) is 94.6 Å². The molecule has 2 heterocycles. The van der Waals surface area contributed by atoms with Crippen molar-refractivity contribution < 1.29 is 23.9 Å². The molecule has 0 spiro atoms. The summed E-state index contributed by atoms with van der Waals surface area (Å²) in [5.41, 5.74) is 2.69. The number of benzene rings is 2. The van der Waals surface area contributed by atoms with Crippen molar-refractivity contribution >= 4 is 56.7 Å². The summed E-state index contributed by atoms with van der Waals surface area (Å²) in [6.07, 6.45) is 0. The summed E-state index contributed by atoms with van der Waals surface area (Å²) >= 11 is 7.37. The zero-order chi connectivity index (χ0) is 25.8. The minimum Gasteiger partial charge on any atom is -0.462 e. The molecule has 9 heteroatoms. The summed E-state index contributed by atoms with van der Waals surface area (Å²) in [6.45, 7) is 5.33. The van der Waals surface area contributed by atoms with Crippen LogP contribution < -0.4 is 5.32 Å². The molecule has 0 aliphatic carbocycles. The quantitative estimate of drug-likeness (QED) is 0.277. The Bertz CT molecular complexity index is 1480. The lowest BCUT2D eigenvalue weighted by atomic mass is 10.0. The van der Waals surface area contributed by atoms with Gasteiger partial charge in [0.1, 0.15) is 9.88 Å². The highest BCUT2D eigenvalue weighted by Gasteiger charge is 2.28. The van der Waals surface area contributed by atoms with E-state index in [1.54, 1.807) is 39.0 Å². The van der Waals surface area contributed by atoms with Gasteiger partial charge in [0.05, 0.1) is 35.6 Å². The molecular formula is C27H23ClN2O5S. The fourth-order valence-electron chi connectivity index (χ4n) is 3.78. The Balaban J connectivity index is 1.82. The summed E-state index contributed by atoms with van der Waals surface area (Å²) in [5, 5.41) is 4.16. The maximum Gasteiger partial charge on any atom is 0.348 e. The van der Waals surface area contributed by atoms with Crippen LogP contribution in [0.15, 0.2) is 54.6 Å². The Labute approximate surface area is 217 Å². The number of carbonyl (C=O) groups is 3. The molecule has 1 N–H and O–H groups in total. The van der Waals surface area contributed by atoms with Gasteiger partial charge in [-0.15, -0.1) is 11.3 Å². The number of carbonyl (C=O) groups excluding carboxylic acids is 3. The Kier molecular flexibility index (Phi) is 7.67. The van der Waals surface area contributed by atoms with Crippen molar-refractivity contribution in [3.8, 4) is 11.3 Å². The van der Waals surface area contributed by atoms with Crippen molar-refractivity contribution in [3.05, 3.63) is 81.2 Å². The maximum atomic E-state index is 13.6. The number of fused-ring (bicyclic) bond motifs is 1. The fraction of sp³-hybridized carbons (Fsp3) is 0.185. The monoisotopic (exact) mass is 522 g/mol. The molecule has 0 bridgehead atoms. The number of pyridine rings is 1. The van der Waals surface area contributed by atoms with Crippen LogP contribution >= 0.6 is 22.9 Å². The number of rotatable bonds is 7. The highest BCUT2D eigenvalue weighted by molar-refractivity contribution is 7.18. The maximum absolute atomic E-state index is 13.6. The Morgan fingerprint density at radius 3 is 2.36 bits per heavy atom. The Morgan fingerprint density at radius 1 is 0.972 bits per heavy atom. The number of nitrogens with zero attached hydrogens (tertiary/aromatic N) is 1. The Hall–Kier alpha value is -3.75. The predicted molar refractivity (Wildman–Crippen MR) is 141 cm³/mol. The van der Waals surface area contributed by atoms with Crippen molar-refractivity contribution in [3.63, 3.8) is 0 Å². The number of hydrogen-bond acceptors (Lipinski definition) is 7. The molecular weight excluding hydrogens is 500 g/mol. The first-order chi connectivity index (χ1) is 17.3. The number of hydrogen-bond donors (Lipinski definition) is 1. The van der Waals surface area contributed by atoms with Crippen LogP contribution in [0.25, 0.3) is 22.2 Å². The van der Waals surface area contributed by atoms with Gasteiger partial charge in [-0.05, 0) is 44.5 Å². The van der Waals surface area contributed by atoms with Crippen LogP contribution in [0.5, 0.6) is 0 Å². The molecule has 0 radical (unpaired) electrons. The van der Waals surface area contributed by atoms with E-state index in [1.807, 2.05) is 36.4 Å². The third kappa shape index (κ3) is 4.96. The van der Waals surface area contributed by atoms with Crippen molar-refractivity contribution in [1.82, 2.24) is 4.98 Å². The highest BCUT2D eigenvalue weighted by Crippen LogP contribution is 2.36. The van der Waals surface area contributed by atoms with Gasteiger partial charge in [0.25, 0.3) is 5.91 Å². The largest absolute Gasteiger partial charge is 0.462 e. The first-order valence-corrected chi connectivity index (χ1v) is 12.5. The van der Waals surface area contributed by atoms with Crippen LogP contribution in [-0.4, -0.2) is 36.0 Å². The molecule has 4 rings (SSSR count). The molecule has 0 aliphatic rings. The summed E-state index contributed by atoms with van der Waals surface area (Å²) in [7, 11) is 0. The first-order valence-electron chi connectivity index (χ1n) is 11.3. The normalized spacial score (nSPS) is 10.8. The molecule has 184 valence electrons. The molecule has 0 unspecified atom stereocenters. The molecule has 4 aromatic rings. The number of ether oxygens (including phenoxy) is 2. The standard InChI is InChI=1S/C27H23ClN2O5S/c1-4-34-26(32)22-15(3)23(27(33)35-5-2)36-25(22)30-24(31)18-14-21(17-11-6-8-12-19(17)28)29-20-13-9-7-10-16(18)20/h6-14H,4-5H2,1-3H3,(H,30,31). The number of thiophene rings is 1. The van der Waals surface area contributed by atoms with Gasteiger partial charge in [0, 0.05) is 16.0 Å². The molecule has 1 amide bonds. The van der Waals surface area contributed by atoms with Crippen molar-refractivity contribution in [2.24, 2.45) is 0 Å². The minimum atomic E-state index is -0.631. The van der Waals surface area contributed by atoms with Crippen molar-refractivity contribution in [1.29, 1.82) is 0 Å². The number of para-hydroxylation sites is 1. The van der Waals surface area contributed by atoms with Gasteiger partial charge in [-0.3, -0.25) is 4.79 Å². The van der Waals surface area contributed by atoms with Gasteiger partial charge >= 0.3 is 11.9 Å². The number of amides is 1. The molecule has 0 saturated heterocycles.